The van der Waals surface area contributed by atoms with Crippen LogP contribution in [-0.4, -0.2) is 21.0 Å². The van der Waals surface area contributed by atoms with E-state index in [1.807, 2.05) is 0 Å². The summed E-state index contributed by atoms with van der Waals surface area (Å²) in [5, 5.41) is 8.62. The Labute approximate surface area is 122 Å². The van der Waals surface area contributed by atoms with E-state index in [1.165, 1.54) is 18.3 Å². The van der Waals surface area contributed by atoms with E-state index in [9.17, 15) is 18.0 Å². The van der Waals surface area contributed by atoms with Crippen LogP contribution in [-0.2, 0) is 17.4 Å². The molecule has 21 heavy (non-hydrogen) atoms. The molecule has 1 aromatic carbocycles. The number of carboxylic acids is 1. The zero-order valence-corrected chi connectivity index (χ0v) is 11.1. The smallest absolute Gasteiger partial charge is 0.416 e. The van der Waals surface area contributed by atoms with Gasteiger partial charge >= 0.3 is 12.1 Å². The van der Waals surface area contributed by atoms with Crippen molar-refractivity contribution in [2.24, 2.45) is 0 Å². The first-order valence-corrected chi connectivity index (χ1v) is 6.06. The van der Waals surface area contributed by atoms with Crippen LogP contribution in [0, 0.1) is 0 Å². The lowest BCUT2D eigenvalue weighted by molar-refractivity contribution is -0.138. The maximum atomic E-state index is 12.5. The Bertz CT molecular complexity index is 672. The summed E-state index contributed by atoms with van der Waals surface area (Å²) in [6, 6.07) is 4.28. The van der Waals surface area contributed by atoms with E-state index in [-0.39, 0.29) is 23.0 Å². The zero-order chi connectivity index (χ0) is 15.6. The highest BCUT2D eigenvalue weighted by atomic mass is 35.5. The number of carboxylic acid groups (broad SMARTS) is 1. The fourth-order valence-corrected chi connectivity index (χ4v) is 1.81. The molecule has 2 aromatic rings. The summed E-state index contributed by atoms with van der Waals surface area (Å²) in [7, 11) is 0. The summed E-state index contributed by atoms with van der Waals surface area (Å²) in [6.07, 6.45) is -3.50. The van der Waals surface area contributed by atoms with E-state index in [0.717, 1.165) is 12.1 Å². The van der Waals surface area contributed by atoms with Gasteiger partial charge in [0.15, 0.2) is 5.82 Å². The molecule has 1 N–H and O–H groups in total. The predicted octanol–water partition coefficient (Wildman–Crippen LogP) is 3.44. The van der Waals surface area contributed by atoms with Gasteiger partial charge < -0.3 is 5.11 Å². The zero-order valence-electron chi connectivity index (χ0n) is 10.4. The van der Waals surface area contributed by atoms with Crippen molar-refractivity contribution in [3.63, 3.8) is 0 Å². The van der Waals surface area contributed by atoms with Gasteiger partial charge in [0.2, 0.25) is 0 Å². The quantitative estimate of drug-likeness (QED) is 0.881. The van der Waals surface area contributed by atoms with Crippen LogP contribution in [0.25, 0.3) is 11.4 Å². The normalized spacial score (nSPS) is 11.4. The molecule has 8 heteroatoms. The molecular formula is C13H8ClF3N2O2. The molecule has 0 atom stereocenters. The number of alkyl halides is 3. The minimum Gasteiger partial charge on any atom is -0.481 e. The van der Waals surface area contributed by atoms with Crippen molar-refractivity contribution in [3.8, 4) is 11.4 Å². The van der Waals surface area contributed by atoms with Gasteiger partial charge in [-0.25, -0.2) is 9.97 Å². The Morgan fingerprint density at radius 2 is 1.86 bits per heavy atom. The molecule has 2 rings (SSSR count). The first kappa shape index (κ1) is 15.2. The number of nitrogens with zero attached hydrogens (tertiary/aromatic N) is 2. The number of hydrogen-bond donors (Lipinski definition) is 1. The molecule has 0 unspecified atom stereocenters. The SMILES string of the molecule is O=C(O)Cc1cnc(-c2ccc(C(F)(F)F)cc2)nc1Cl. The minimum absolute atomic E-state index is 0.0395. The third kappa shape index (κ3) is 3.69. The van der Waals surface area contributed by atoms with Crippen LogP contribution in [0.4, 0.5) is 13.2 Å². The Morgan fingerprint density at radius 3 is 2.33 bits per heavy atom. The second kappa shape index (κ2) is 5.69. The molecule has 0 aliphatic rings. The van der Waals surface area contributed by atoms with Gasteiger partial charge in [0, 0.05) is 17.3 Å². The Kier molecular flexibility index (Phi) is 4.13. The highest BCUT2D eigenvalue weighted by molar-refractivity contribution is 6.30. The van der Waals surface area contributed by atoms with Gasteiger partial charge in [0.25, 0.3) is 0 Å². The van der Waals surface area contributed by atoms with Crippen molar-refractivity contribution >= 4 is 17.6 Å². The van der Waals surface area contributed by atoms with Crippen molar-refractivity contribution in [2.45, 2.75) is 12.6 Å². The number of aromatic nitrogens is 2. The van der Waals surface area contributed by atoms with E-state index >= 15 is 0 Å². The van der Waals surface area contributed by atoms with Gasteiger partial charge in [-0.3, -0.25) is 4.79 Å². The number of aliphatic carboxylic acids is 1. The van der Waals surface area contributed by atoms with Crippen molar-refractivity contribution in [1.29, 1.82) is 0 Å². The monoisotopic (exact) mass is 316 g/mol. The lowest BCUT2D eigenvalue weighted by Crippen LogP contribution is -2.05. The molecule has 0 bridgehead atoms. The first-order chi connectivity index (χ1) is 9.77. The van der Waals surface area contributed by atoms with E-state index in [1.54, 1.807) is 0 Å². The number of hydrogen-bond acceptors (Lipinski definition) is 3. The first-order valence-electron chi connectivity index (χ1n) is 5.68. The minimum atomic E-state index is -4.41. The number of rotatable bonds is 3. The maximum absolute atomic E-state index is 12.5. The van der Waals surface area contributed by atoms with Crippen molar-refractivity contribution in [3.05, 3.63) is 46.7 Å². The van der Waals surface area contributed by atoms with Crippen LogP contribution >= 0.6 is 11.6 Å². The van der Waals surface area contributed by atoms with E-state index < -0.39 is 17.7 Å². The van der Waals surface area contributed by atoms with Crippen molar-refractivity contribution < 1.29 is 23.1 Å². The Hall–Kier alpha value is -2.15. The number of halogens is 4. The van der Waals surface area contributed by atoms with Crippen LogP contribution in [0.5, 0.6) is 0 Å². The van der Waals surface area contributed by atoms with Gasteiger partial charge in [0.05, 0.1) is 12.0 Å². The Balaban J connectivity index is 2.30. The molecule has 1 heterocycles. The van der Waals surface area contributed by atoms with Crippen LogP contribution in [0.2, 0.25) is 5.15 Å². The molecule has 1 aromatic heterocycles. The molecule has 0 radical (unpaired) electrons. The maximum Gasteiger partial charge on any atom is 0.416 e. The standard InChI is InChI=1S/C13H8ClF3N2O2/c14-11-8(5-10(20)21)6-18-12(19-11)7-1-3-9(4-2-7)13(15,16)17/h1-4,6H,5H2,(H,20,21). The molecule has 0 amide bonds. The molecule has 0 aliphatic heterocycles. The lowest BCUT2D eigenvalue weighted by atomic mass is 10.1. The third-order valence-corrected chi connectivity index (χ3v) is 2.95. The molecule has 0 saturated carbocycles. The van der Waals surface area contributed by atoms with E-state index in [0.29, 0.717) is 5.56 Å². The molecule has 0 saturated heterocycles. The fourth-order valence-electron chi connectivity index (χ4n) is 1.61. The van der Waals surface area contributed by atoms with Crippen molar-refractivity contribution in [2.75, 3.05) is 0 Å². The topological polar surface area (TPSA) is 63.1 Å². The molecule has 0 fully saturated rings. The van der Waals surface area contributed by atoms with Gasteiger partial charge in [-0.15, -0.1) is 0 Å². The lowest BCUT2D eigenvalue weighted by Gasteiger charge is -2.08. The highest BCUT2D eigenvalue weighted by Crippen LogP contribution is 2.30. The second-order valence-electron chi connectivity index (χ2n) is 4.16. The molecule has 0 spiro atoms. The summed E-state index contributed by atoms with van der Waals surface area (Å²) in [5.41, 5.74) is -0.188. The summed E-state index contributed by atoms with van der Waals surface area (Å²) in [5.74, 6) is -0.953. The summed E-state index contributed by atoms with van der Waals surface area (Å²) >= 11 is 5.83. The molecule has 4 nitrogen and oxygen atoms in total. The van der Waals surface area contributed by atoms with Crippen LogP contribution < -0.4 is 0 Å². The van der Waals surface area contributed by atoms with E-state index in [2.05, 4.69) is 9.97 Å². The summed E-state index contributed by atoms with van der Waals surface area (Å²) in [4.78, 5) is 18.4. The molecule has 110 valence electrons. The van der Waals surface area contributed by atoms with Gasteiger partial charge in [0.1, 0.15) is 5.15 Å². The average Bonchev–Trinajstić information content (AvgIpc) is 2.40. The summed E-state index contributed by atoms with van der Waals surface area (Å²) < 4.78 is 37.4. The van der Waals surface area contributed by atoms with E-state index in [4.69, 9.17) is 16.7 Å². The van der Waals surface area contributed by atoms with Crippen LogP contribution in [0.3, 0.4) is 0 Å². The van der Waals surface area contributed by atoms with Gasteiger partial charge in [-0.2, -0.15) is 13.2 Å². The van der Waals surface area contributed by atoms with Crippen LogP contribution in [0.1, 0.15) is 11.1 Å². The van der Waals surface area contributed by atoms with Gasteiger partial charge in [-0.1, -0.05) is 23.7 Å². The average molecular weight is 317 g/mol. The Morgan fingerprint density at radius 1 is 1.24 bits per heavy atom. The summed E-state index contributed by atoms with van der Waals surface area (Å²) in [6.45, 7) is 0. The fraction of sp³-hybridized carbons (Fsp3) is 0.154. The molecular weight excluding hydrogens is 309 g/mol. The number of benzene rings is 1. The number of carbonyl (C=O) groups is 1. The highest BCUT2D eigenvalue weighted by Gasteiger charge is 2.30. The predicted molar refractivity (Wildman–Crippen MR) is 68.8 cm³/mol. The third-order valence-electron chi connectivity index (χ3n) is 2.62. The van der Waals surface area contributed by atoms with Crippen molar-refractivity contribution in [1.82, 2.24) is 9.97 Å². The largest absolute Gasteiger partial charge is 0.481 e. The van der Waals surface area contributed by atoms with Gasteiger partial charge in [-0.05, 0) is 12.1 Å². The van der Waals surface area contributed by atoms with Crippen LogP contribution in [0.15, 0.2) is 30.5 Å². The second-order valence-corrected chi connectivity index (χ2v) is 4.51. The molecule has 0 aliphatic carbocycles.